The molecule has 3 amide bonds. The van der Waals surface area contributed by atoms with E-state index in [1.54, 1.807) is 6.20 Å². The van der Waals surface area contributed by atoms with E-state index < -0.39 is 0 Å². The summed E-state index contributed by atoms with van der Waals surface area (Å²) in [5.41, 5.74) is 1.09. The lowest BCUT2D eigenvalue weighted by molar-refractivity contribution is -0.127. The summed E-state index contributed by atoms with van der Waals surface area (Å²) in [4.78, 5) is 32.0. The molecule has 23 heavy (non-hydrogen) atoms. The maximum absolute atomic E-state index is 12.5. The van der Waals surface area contributed by atoms with Gasteiger partial charge < -0.3 is 15.1 Å². The van der Waals surface area contributed by atoms with Crippen molar-refractivity contribution in [2.75, 3.05) is 26.2 Å². The molecule has 1 aromatic heterocycles. The number of carbonyl (C=O) groups is 2. The van der Waals surface area contributed by atoms with Crippen molar-refractivity contribution >= 4 is 11.9 Å². The van der Waals surface area contributed by atoms with Crippen LogP contribution in [-0.2, 0) is 4.79 Å². The predicted molar refractivity (Wildman–Crippen MR) is 86.7 cm³/mol. The van der Waals surface area contributed by atoms with Crippen molar-refractivity contribution in [1.82, 2.24) is 20.1 Å². The number of likely N-dealkylation sites (tertiary alicyclic amines) is 2. The summed E-state index contributed by atoms with van der Waals surface area (Å²) in [6.07, 6.45) is 8.32. The first kappa shape index (κ1) is 15.8. The second kappa shape index (κ2) is 7.44. The highest BCUT2D eigenvalue weighted by atomic mass is 16.2. The van der Waals surface area contributed by atoms with Gasteiger partial charge in [0.25, 0.3) is 0 Å². The van der Waals surface area contributed by atoms with Gasteiger partial charge in [-0.3, -0.25) is 9.78 Å². The summed E-state index contributed by atoms with van der Waals surface area (Å²) in [5.74, 6) is 0.199. The molecule has 1 atom stereocenters. The van der Waals surface area contributed by atoms with E-state index in [0.29, 0.717) is 19.5 Å². The third-order valence-corrected chi connectivity index (χ3v) is 4.66. The largest absolute Gasteiger partial charge is 0.341 e. The molecule has 2 saturated heterocycles. The van der Waals surface area contributed by atoms with Gasteiger partial charge >= 0.3 is 6.03 Å². The Balaban J connectivity index is 1.55. The molecule has 6 heteroatoms. The summed E-state index contributed by atoms with van der Waals surface area (Å²) in [6.45, 7) is 2.71. The molecule has 0 bridgehead atoms. The molecule has 2 aliphatic heterocycles. The second-order valence-electron chi connectivity index (χ2n) is 6.21. The lowest BCUT2D eigenvalue weighted by Crippen LogP contribution is -2.46. The van der Waals surface area contributed by atoms with Crippen molar-refractivity contribution in [3.05, 3.63) is 30.1 Å². The standard InChI is InChI=1S/C17H24N4O2/c22-16-7-4-10-20(16)12-9-19-17(23)21-11-2-1-6-15(21)14-5-3-8-18-13-14/h3,5,8,13,15H,1-2,4,6-7,9-12H2,(H,19,23). The van der Waals surface area contributed by atoms with Crippen LogP contribution in [0.25, 0.3) is 0 Å². The van der Waals surface area contributed by atoms with Crippen LogP contribution in [0.5, 0.6) is 0 Å². The monoisotopic (exact) mass is 316 g/mol. The number of pyridine rings is 1. The highest BCUT2D eigenvalue weighted by molar-refractivity contribution is 5.78. The molecule has 124 valence electrons. The number of aromatic nitrogens is 1. The normalized spacial score (nSPS) is 21.6. The van der Waals surface area contributed by atoms with Gasteiger partial charge in [-0.2, -0.15) is 0 Å². The van der Waals surface area contributed by atoms with E-state index in [9.17, 15) is 9.59 Å². The number of nitrogens with zero attached hydrogens (tertiary/aromatic N) is 3. The molecule has 2 fully saturated rings. The molecule has 0 saturated carbocycles. The molecular weight excluding hydrogens is 292 g/mol. The molecule has 0 aromatic carbocycles. The highest BCUT2D eigenvalue weighted by Gasteiger charge is 2.28. The van der Waals surface area contributed by atoms with Crippen molar-refractivity contribution in [3.8, 4) is 0 Å². The Labute approximate surface area is 136 Å². The smallest absolute Gasteiger partial charge is 0.317 e. The first-order valence-corrected chi connectivity index (χ1v) is 8.48. The lowest BCUT2D eigenvalue weighted by Gasteiger charge is -2.36. The summed E-state index contributed by atoms with van der Waals surface area (Å²) in [5, 5.41) is 2.97. The van der Waals surface area contributed by atoms with E-state index >= 15 is 0 Å². The quantitative estimate of drug-likeness (QED) is 0.923. The van der Waals surface area contributed by atoms with Crippen molar-refractivity contribution < 1.29 is 9.59 Å². The molecule has 1 unspecified atom stereocenters. The molecule has 1 N–H and O–H groups in total. The van der Waals surface area contributed by atoms with Gasteiger partial charge in [0.05, 0.1) is 6.04 Å². The van der Waals surface area contributed by atoms with E-state index in [-0.39, 0.29) is 18.0 Å². The average Bonchev–Trinajstić information content (AvgIpc) is 3.01. The van der Waals surface area contributed by atoms with Gasteiger partial charge in [0.15, 0.2) is 0 Å². The molecule has 3 rings (SSSR count). The first-order valence-electron chi connectivity index (χ1n) is 8.48. The first-order chi connectivity index (χ1) is 11.3. The van der Waals surface area contributed by atoms with Crippen LogP contribution in [0.3, 0.4) is 0 Å². The predicted octanol–water partition coefficient (Wildman–Crippen LogP) is 1.94. The fourth-order valence-corrected chi connectivity index (χ4v) is 3.43. The van der Waals surface area contributed by atoms with Gasteiger partial charge in [-0.15, -0.1) is 0 Å². The van der Waals surface area contributed by atoms with Gasteiger partial charge in [0, 0.05) is 45.0 Å². The van der Waals surface area contributed by atoms with Gasteiger partial charge in [0.2, 0.25) is 5.91 Å². The topological polar surface area (TPSA) is 65.5 Å². The fraction of sp³-hybridized carbons (Fsp3) is 0.588. The minimum atomic E-state index is -0.0369. The Bertz CT molecular complexity index is 549. The SMILES string of the molecule is O=C1CCCN1CCNC(=O)N1CCCCC1c1cccnc1. The Morgan fingerprint density at radius 3 is 2.96 bits per heavy atom. The Kier molecular flexibility index (Phi) is 5.10. The Morgan fingerprint density at radius 1 is 1.30 bits per heavy atom. The minimum absolute atomic E-state index is 0.0369. The van der Waals surface area contributed by atoms with Crippen LogP contribution in [0.4, 0.5) is 4.79 Å². The number of hydrogen-bond acceptors (Lipinski definition) is 3. The number of piperidine rings is 1. The third kappa shape index (κ3) is 3.81. The zero-order valence-electron chi connectivity index (χ0n) is 13.4. The lowest BCUT2D eigenvalue weighted by atomic mass is 9.97. The fourth-order valence-electron chi connectivity index (χ4n) is 3.43. The molecule has 0 radical (unpaired) electrons. The minimum Gasteiger partial charge on any atom is -0.341 e. The highest BCUT2D eigenvalue weighted by Crippen LogP contribution is 2.30. The van der Waals surface area contributed by atoms with Gasteiger partial charge in [-0.05, 0) is 37.3 Å². The number of urea groups is 1. The van der Waals surface area contributed by atoms with E-state index in [1.165, 1.54) is 0 Å². The summed E-state index contributed by atoms with van der Waals surface area (Å²) >= 11 is 0. The van der Waals surface area contributed by atoms with E-state index in [1.807, 2.05) is 28.1 Å². The van der Waals surface area contributed by atoms with Gasteiger partial charge in [-0.25, -0.2) is 4.79 Å². The number of nitrogens with one attached hydrogen (secondary N) is 1. The van der Waals surface area contributed by atoms with Crippen LogP contribution < -0.4 is 5.32 Å². The van der Waals surface area contributed by atoms with Gasteiger partial charge in [0.1, 0.15) is 0 Å². The van der Waals surface area contributed by atoms with Crippen molar-refractivity contribution in [2.24, 2.45) is 0 Å². The molecule has 6 nitrogen and oxygen atoms in total. The molecule has 0 aliphatic carbocycles. The van der Waals surface area contributed by atoms with Crippen LogP contribution in [0.1, 0.15) is 43.7 Å². The van der Waals surface area contributed by atoms with Crippen LogP contribution in [-0.4, -0.2) is 52.9 Å². The summed E-state index contributed by atoms with van der Waals surface area (Å²) in [6, 6.07) is 4.02. The second-order valence-corrected chi connectivity index (χ2v) is 6.21. The summed E-state index contributed by atoms with van der Waals surface area (Å²) in [7, 11) is 0. The van der Waals surface area contributed by atoms with Crippen molar-refractivity contribution in [1.29, 1.82) is 0 Å². The number of hydrogen-bond donors (Lipinski definition) is 1. The third-order valence-electron chi connectivity index (χ3n) is 4.66. The summed E-state index contributed by atoms with van der Waals surface area (Å²) < 4.78 is 0. The maximum Gasteiger partial charge on any atom is 0.317 e. The number of rotatable bonds is 4. The zero-order chi connectivity index (χ0) is 16.1. The molecule has 2 aliphatic rings. The zero-order valence-corrected chi connectivity index (χ0v) is 13.4. The van der Waals surface area contributed by atoms with Crippen LogP contribution in [0, 0.1) is 0 Å². The molecule has 3 heterocycles. The van der Waals surface area contributed by atoms with Crippen LogP contribution in [0.15, 0.2) is 24.5 Å². The van der Waals surface area contributed by atoms with Crippen LogP contribution in [0.2, 0.25) is 0 Å². The van der Waals surface area contributed by atoms with E-state index in [0.717, 1.165) is 44.3 Å². The van der Waals surface area contributed by atoms with E-state index in [4.69, 9.17) is 0 Å². The Morgan fingerprint density at radius 2 is 2.22 bits per heavy atom. The number of carbonyl (C=O) groups excluding carboxylic acids is 2. The number of amides is 3. The van der Waals surface area contributed by atoms with E-state index in [2.05, 4.69) is 10.3 Å². The van der Waals surface area contributed by atoms with Crippen LogP contribution >= 0.6 is 0 Å². The van der Waals surface area contributed by atoms with Crippen molar-refractivity contribution in [3.63, 3.8) is 0 Å². The maximum atomic E-state index is 12.5. The molecular formula is C17H24N4O2. The molecule has 0 spiro atoms. The van der Waals surface area contributed by atoms with Gasteiger partial charge in [-0.1, -0.05) is 6.07 Å². The average molecular weight is 316 g/mol. The Hall–Kier alpha value is -2.11. The molecule has 1 aromatic rings. The van der Waals surface area contributed by atoms with Crippen molar-refractivity contribution in [2.45, 2.75) is 38.1 Å².